The normalized spacial score (nSPS) is 21.9. The second-order valence-corrected chi connectivity index (χ2v) is 5.90. The Kier molecular flexibility index (Phi) is 3.27. The van der Waals surface area contributed by atoms with Crippen LogP contribution in [0.2, 0.25) is 10.0 Å². The molecule has 2 atom stereocenters. The van der Waals surface area contributed by atoms with E-state index in [1.54, 1.807) is 0 Å². The first-order valence-electron chi connectivity index (χ1n) is 5.84. The molecule has 0 amide bonds. The van der Waals surface area contributed by atoms with Gasteiger partial charge in [0.25, 0.3) is 0 Å². The van der Waals surface area contributed by atoms with Gasteiger partial charge in [-0.05, 0) is 35.2 Å². The van der Waals surface area contributed by atoms with Gasteiger partial charge in [-0.2, -0.15) is 0 Å². The molecule has 0 saturated carbocycles. The van der Waals surface area contributed by atoms with Crippen molar-refractivity contribution in [2.24, 2.45) is 0 Å². The second-order valence-electron chi connectivity index (χ2n) is 4.56. The molecule has 3 rings (SSSR count). The molecule has 0 fully saturated rings. The molecule has 0 unspecified atom stereocenters. The fraction of sp³-hybridized carbons (Fsp3) is 0.200. The smallest absolute Gasteiger partial charge is 0.0597 e. The summed E-state index contributed by atoms with van der Waals surface area (Å²) in [6.45, 7) is 0. The number of alkyl halides is 1. The molecule has 0 N–H and O–H groups in total. The highest BCUT2D eigenvalue weighted by molar-refractivity contribution is 6.42. The van der Waals surface area contributed by atoms with Gasteiger partial charge in [0.2, 0.25) is 0 Å². The second kappa shape index (κ2) is 4.77. The third kappa shape index (κ3) is 2.03. The SMILES string of the molecule is Clc1ccc([C@H]2C[C@@H](Cl)c3ccccc32)cc1Cl. The van der Waals surface area contributed by atoms with Gasteiger partial charge in [0, 0.05) is 5.92 Å². The Hall–Kier alpha value is -0.690. The lowest BCUT2D eigenvalue weighted by Crippen LogP contribution is -1.96. The summed E-state index contributed by atoms with van der Waals surface area (Å²) in [5.74, 6) is 0.318. The minimum absolute atomic E-state index is 0.0839. The standard InChI is InChI=1S/C15H11Cl3/c16-13-6-5-9(7-15(13)18)12-8-14(17)11-4-2-1-3-10(11)12/h1-7,12,14H,8H2/t12-,14-/m1/s1. The van der Waals surface area contributed by atoms with Crippen LogP contribution in [0.4, 0.5) is 0 Å². The summed E-state index contributed by atoms with van der Waals surface area (Å²) in [6, 6.07) is 14.2. The molecule has 0 radical (unpaired) electrons. The first kappa shape index (κ1) is 12.3. The van der Waals surface area contributed by atoms with E-state index in [4.69, 9.17) is 34.8 Å². The molecule has 2 aromatic rings. The van der Waals surface area contributed by atoms with Gasteiger partial charge in [0.05, 0.1) is 15.4 Å². The zero-order valence-electron chi connectivity index (χ0n) is 9.54. The minimum Gasteiger partial charge on any atom is -0.118 e. The molecule has 2 aromatic carbocycles. The molecule has 0 aromatic heterocycles. The highest BCUT2D eigenvalue weighted by atomic mass is 35.5. The molecule has 1 aliphatic rings. The fourth-order valence-corrected chi connectivity index (χ4v) is 3.30. The summed E-state index contributed by atoms with van der Waals surface area (Å²) >= 11 is 18.4. The highest BCUT2D eigenvalue weighted by Gasteiger charge is 2.30. The van der Waals surface area contributed by atoms with Crippen molar-refractivity contribution in [2.45, 2.75) is 17.7 Å². The molecule has 0 bridgehead atoms. The molecule has 0 nitrogen and oxygen atoms in total. The van der Waals surface area contributed by atoms with Gasteiger partial charge < -0.3 is 0 Å². The van der Waals surface area contributed by atoms with Gasteiger partial charge in [-0.25, -0.2) is 0 Å². The van der Waals surface area contributed by atoms with E-state index in [2.05, 4.69) is 18.2 Å². The molecular weight excluding hydrogens is 287 g/mol. The average molecular weight is 298 g/mol. The lowest BCUT2D eigenvalue weighted by Gasteiger charge is -2.12. The van der Waals surface area contributed by atoms with Crippen molar-refractivity contribution in [3.63, 3.8) is 0 Å². The molecular formula is C15H11Cl3. The van der Waals surface area contributed by atoms with Gasteiger partial charge in [-0.15, -0.1) is 11.6 Å². The zero-order chi connectivity index (χ0) is 12.7. The van der Waals surface area contributed by atoms with Crippen LogP contribution >= 0.6 is 34.8 Å². The van der Waals surface area contributed by atoms with Crippen molar-refractivity contribution in [1.29, 1.82) is 0 Å². The Morgan fingerprint density at radius 1 is 0.889 bits per heavy atom. The number of hydrogen-bond acceptors (Lipinski definition) is 0. The van der Waals surface area contributed by atoms with E-state index in [0.29, 0.717) is 16.0 Å². The van der Waals surface area contributed by atoms with Crippen LogP contribution in [-0.2, 0) is 0 Å². The van der Waals surface area contributed by atoms with E-state index in [1.165, 1.54) is 16.7 Å². The van der Waals surface area contributed by atoms with Crippen LogP contribution in [0, 0.1) is 0 Å². The van der Waals surface area contributed by atoms with Crippen molar-refractivity contribution in [3.05, 3.63) is 69.2 Å². The molecule has 3 heteroatoms. The van der Waals surface area contributed by atoms with Crippen LogP contribution < -0.4 is 0 Å². The van der Waals surface area contributed by atoms with E-state index in [0.717, 1.165) is 6.42 Å². The van der Waals surface area contributed by atoms with Gasteiger partial charge >= 0.3 is 0 Å². The molecule has 0 saturated heterocycles. The largest absolute Gasteiger partial charge is 0.118 e. The van der Waals surface area contributed by atoms with Gasteiger partial charge in [-0.1, -0.05) is 53.5 Å². The average Bonchev–Trinajstić information content (AvgIpc) is 2.71. The lowest BCUT2D eigenvalue weighted by atomic mass is 9.93. The predicted octanol–water partition coefficient (Wildman–Crippen LogP) is 5.81. The van der Waals surface area contributed by atoms with Crippen LogP contribution in [0.1, 0.15) is 34.4 Å². The highest BCUT2D eigenvalue weighted by Crippen LogP contribution is 2.47. The number of rotatable bonds is 1. The summed E-state index contributed by atoms with van der Waals surface area (Å²) in [6.07, 6.45) is 0.916. The minimum atomic E-state index is 0.0839. The number of hydrogen-bond donors (Lipinski definition) is 0. The Bertz CT molecular complexity index is 592. The van der Waals surface area contributed by atoms with Crippen molar-refractivity contribution < 1.29 is 0 Å². The van der Waals surface area contributed by atoms with Crippen molar-refractivity contribution in [2.75, 3.05) is 0 Å². The van der Waals surface area contributed by atoms with Crippen molar-refractivity contribution in [1.82, 2.24) is 0 Å². The van der Waals surface area contributed by atoms with Crippen LogP contribution in [-0.4, -0.2) is 0 Å². The summed E-state index contributed by atoms with van der Waals surface area (Å²) < 4.78 is 0. The number of halogens is 3. The lowest BCUT2D eigenvalue weighted by molar-refractivity contribution is 0.771. The third-order valence-electron chi connectivity index (χ3n) is 3.50. The molecule has 0 aliphatic heterocycles. The molecule has 92 valence electrons. The molecule has 0 heterocycles. The third-order valence-corrected chi connectivity index (χ3v) is 4.65. The van der Waals surface area contributed by atoms with E-state index in [9.17, 15) is 0 Å². The van der Waals surface area contributed by atoms with Crippen molar-refractivity contribution in [3.8, 4) is 0 Å². The Morgan fingerprint density at radius 3 is 2.33 bits per heavy atom. The Labute approximate surface area is 121 Å². The van der Waals surface area contributed by atoms with E-state index in [-0.39, 0.29) is 5.38 Å². The Morgan fingerprint density at radius 2 is 1.61 bits per heavy atom. The summed E-state index contributed by atoms with van der Waals surface area (Å²) in [4.78, 5) is 0. The first-order valence-corrected chi connectivity index (χ1v) is 7.04. The van der Waals surface area contributed by atoms with Gasteiger partial charge in [-0.3, -0.25) is 0 Å². The Balaban J connectivity index is 2.06. The molecule has 18 heavy (non-hydrogen) atoms. The van der Waals surface area contributed by atoms with E-state index < -0.39 is 0 Å². The summed E-state index contributed by atoms with van der Waals surface area (Å²) in [7, 11) is 0. The number of benzene rings is 2. The van der Waals surface area contributed by atoms with Gasteiger partial charge in [0.1, 0.15) is 0 Å². The maximum atomic E-state index is 6.40. The number of fused-ring (bicyclic) bond motifs is 1. The monoisotopic (exact) mass is 296 g/mol. The van der Waals surface area contributed by atoms with Crippen LogP contribution in [0.3, 0.4) is 0 Å². The topological polar surface area (TPSA) is 0 Å². The van der Waals surface area contributed by atoms with E-state index >= 15 is 0 Å². The maximum Gasteiger partial charge on any atom is 0.0597 e. The van der Waals surface area contributed by atoms with Gasteiger partial charge in [0.15, 0.2) is 0 Å². The van der Waals surface area contributed by atoms with E-state index in [1.807, 2.05) is 24.3 Å². The van der Waals surface area contributed by atoms with Crippen LogP contribution in [0.25, 0.3) is 0 Å². The predicted molar refractivity (Wildman–Crippen MR) is 78.0 cm³/mol. The van der Waals surface area contributed by atoms with Crippen molar-refractivity contribution >= 4 is 34.8 Å². The quantitative estimate of drug-likeness (QED) is 0.583. The summed E-state index contributed by atoms with van der Waals surface area (Å²) in [5.41, 5.74) is 3.71. The zero-order valence-corrected chi connectivity index (χ0v) is 11.8. The maximum absolute atomic E-state index is 6.40. The molecule has 1 aliphatic carbocycles. The molecule has 0 spiro atoms. The van der Waals surface area contributed by atoms with Crippen LogP contribution in [0.15, 0.2) is 42.5 Å². The first-order chi connectivity index (χ1) is 8.66. The fourth-order valence-electron chi connectivity index (χ4n) is 2.62. The van der Waals surface area contributed by atoms with Crippen LogP contribution in [0.5, 0.6) is 0 Å². The summed E-state index contributed by atoms with van der Waals surface area (Å²) in [5, 5.41) is 1.28.